The highest BCUT2D eigenvalue weighted by atomic mass is 35.5. The molecule has 2 heterocycles. The van der Waals surface area contributed by atoms with Gasteiger partial charge in [-0.25, -0.2) is 13.4 Å². The molecule has 0 atom stereocenters. The number of halogens is 1. The van der Waals surface area contributed by atoms with Crippen molar-refractivity contribution >= 4 is 49.1 Å². The summed E-state index contributed by atoms with van der Waals surface area (Å²) >= 11 is 7.77. The van der Waals surface area contributed by atoms with E-state index in [-0.39, 0.29) is 10.8 Å². The van der Waals surface area contributed by atoms with Crippen molar-refractivity contribution in [1.82, 2.24) is 14.2 Å². The van der Waals surface area contributed by atoms with Gasteiger partial charge in [0.1, 0.15) is 0 Å². The number of fused-ring (bicyclic) bond motifs is 1. The molecule has 0 bridgehead atoms. The average Bonchev–Trinajstić information content (AvgIpc) is 3.22. The van der Waals surface area contributed by atoms with E-state index in [4.69, 9.17) is 16.6 Å². The molecule has 1 amide bonds. The van der Waals surface area contributed by atoms with E-state index in [0.29, 0.717) is 42.7 Å². The summed E-state index contributed by atoms with van der Waals surface area (Å²) in [7, 11) is -3.53. The summed E-state index contributed by atoms with van der Waals surface area (Å²) in [4.78, 5) is 19.8. The standard InChI is InChI=1S/C23H26ClN3O3S2/c1-3-27(4-2)32(29,30)19-8-5-17(6-9-19)23(28)26-13-11-16(12-14-26)22-25-20-15-18(24)7-10-21(20)31-22/h5-10,15-16H,3-4,11-14H2,1-2H3. The summed E-state index contributed by atoms with van der Waals surface area (Å²) < 4.78 is 27.8. The van der Waals surface area contributed by atoms with Crippen molar-refractivity contribution in [3.63, 3.8) is 0 Å². The Kier molecular flexibility index (Phi) is 6.86. The number of aromatic nitrogens is 1. The molecular weight excluding hydrogens is 466 g/mol. The van der Waals surface area contributed by atoms with Crippen molar-refractivity contribution in [2.24, 2.45) is 0 Å². The third-order valence-electron chi connectivity index (χ3n) is 5.94. The van der Waals surface area contributed by atoms with Gasteiger partial charge in [0.2, 0.25) is 10.0 Å². The number of hydrogen-bond donors (Lipinski definition) is 0. The molecule has 9 heteroatoms. The molecule has 1 aromatic heterocycles. The van der Waals surface area contributed by atoms with Crippen LogP contribution in [0.2, 0.25) is 5.02 Å². The minimum atomic E-state index is -3.53. The van der Waals surface area contributed by atoms with E-state index in [9.17, 15) is 13.2 Å². The number of amides is 1. The summed E-state index contributed by atoms with van der Waals surface area (Å²) in [5.74, 6) is 0.267. The summed E-state index contributed by atoms with van der Waals surface area (Å²) in [5, 5.41) is 1.78. The summed E-state index contributed by atoms with van der Waals surface area (Å²) in [6, 6.07) is 12.1. The molecule has 4 rings (SSSR count). The zero-order valence-corrected chi connectivity index (χ0v) is 20.5. The van der Waals surface area contributed by atoms with Gasteiger partial charge >= 0.3 is 0 Å². The van der Waals surface area contributed by atoms with Crippen LogP contribution in [0.3, 0.4) is 0 Å². The lowest BCUT2D eigenvalue weighted by Crippen LogP contribution is -2.38. The molecule has 1 aliphatic rings. The third kappa shape index (κ3) is 4.55. The van der Waals surface area contributed by atoms with Crippen LogP contribution in [0.1, 0.15) is 48.0 Å². The highest BCUT2D eigenvalue weighted by Crippen LogP contribution is 2.35. The Morgan fingerprint density at radius 3 is 2.41 bits per heavy atom. The maximum absolute atomic E-state index is 13.0. The largest absolute Gasteiger partial charge is 0.339 e. The van der Waals surface area contributed by atoms with E-state index in [1.807, 2.05) is 36.9 Å². The Labute approximate surface area is 197 Å². The number of carbonyl (C=O) groups excluding carboxylic acids is 1. The van der Waals surface area contributed by atoms with Crippen molar-refractivity contribution < 1.29 is 13.2 Å². The molecule has 2 aromatic carbocycles. The van der Waals surface area contributed by atoms with E-state index in [0.717, 1.165) is 28.1 Å². The monoisotopic (exact) mass is 491 g/mol. The molecule has 0 unspecified atom stereocenters. The number of benzene rings is 2. The molecule has 0 saturated carbocycles. The minimum absolute atomic E-state index is 0.0636. The molecule has 1 fully saturated rings. The minimum Gasteiger partial charge on any atom is -0.339 e. The number of nitrogens with zero attached hydrogens (tertiary/aromatic N) is 3. The molecule has 32 heavy (non-hydrogen) atoms. The maximum Gasteiger partial charge on any atom is 0.253 e. The lowest BCUT2D eigenvalue weighted by atomic mass is 9.97. The van der Waals surface area contributed by atoms with Crippen molar-refractivity contribution in [1.29, 1.82) is 0 Å². The van der Waals surface area contributed by atoms with Gasteiger partial charge in [-0.1, -0.05) is 25.4 Å². The molecule has 0 radical (unpaired) electrons. The summed E-state index contributed by atoms with van der Waals surface area (Å²) in [6.07, 6.45) is 1.71. The highest BCUT2D eigenvalue weighted by molar-refractivity contribution is 7.89. The Bertz CT molecular complexity index is 1210. The summed E-state index contributed by atoms with van der Waals surface area (Å²) in [5.41, 5.74) is 1.44. The van der Waals surface area contributed by atoms with Gasteiger partial charge in [-0.05, 0) is 55.3 Å². The zero-order chi connectivity index (χ0) is 22.9. The predicted molar refractivity (Wildman–Crippen MR) is 129 cm³/mol. The first kappa shape index (κ1) is 23.2. The van der Waals surface area contributed by atoms with Gasteiger partial charge in [-0.2, -0.15) is 4.31 Å². The molecular formula is C23H26ClN3O3S2. The summed E-state index contributed by atoms with van der Waals surface area (Å²) in [6.45, 7) is 5.75. The second-order valence-corrected chi connectivity index (χ2v) is 11.3. The molecule has 1 aliphatic heterocycles. The fourth-order valence-corrected chi connectivity index (χ4v) is 6.83. The van der Waals surface area contributed by atoms with Gasteiger partial charge in [-0.15, -0.1) is 11.3 Å². The molecule has 0 aliphatic carbocycles. The van der Waals surface area contributed by atoms with Crippen LogP contribution in [0, 0.1) is 0 Å². The van der Waals surface area contributed by atoms with E-state index in [1.54, 1.807) is 23.5 Å². The van der Waals surface area contributed by atoms with Crippen LogP contribution in [0.25, 0.3) is 10.2 Å². The van der Waals surface area contributed by atoms with Crippen molar-refractivity contribution in [2.45, 2.75) is 37.5 Å². The molecule has 170 valence electrons. The molecule has 0 N–H and O–H groups in total. The number of carbonyl (C=O) groups is 1. The van der Waals surface area contributed by atoms with Crippen LogP contribution in [-0.2, 0) is 10.0 Å². The van der Waals surface area contributed by atoms with Gasteiger partial charge in [0.05, 0.1) is 20.1 Å². The molecule has 3 aromatic rings. The zero-order valence-electron chi connectivity index (χ0n) is 18.1. The quantitative estimate of drug-likeness (QED) is 0.486. The van der Waals surface area contributed by atoms with Crippen LogP contribution in [0.4, 0.5) is 0 Å². The van der Waals surface area contributed by atoms with Crippen molar-refractivity contribution in [3.05, 3.63) is 58.1 Å². The fraction of sp³-hybridized carbons (Fsp3) is 0.391. The molecule has 6 nitrogen and oxygen atoms in total. The van der Waals surface area contributed by atoms with Crippen LogP contribution in [-0.4, -0.2) is 54.7 Å². The smallest absolute Gasteiger partial charge is 0.253 e. The van der Waals surface area contributed by atoms with Gasteiger partial charge in [0.15, 0.2) is 0 Å². The molecule has 1 saturated heterocycles. The van der Waals surface area contributed by atoms with Crippen LogP contribution < -0.4 is 0 Å². The lowest BCUT2D eigenvalue weighted by Gasteiger charge is -2.31. The normalized spacial score (nSPS) is 15.6. The van der Waals surface area contributed by atoms with Gasteiger partial charge in [0.25, 0.3) is 5.91 Å². The predicted octanol–water partition coefficient (Wildman–Crippen LogP) is 5.00. The van der Waals surface area contributed by atoms with Crippen molar-refractivity contribution in [2.75, 3.05) is 26.2 Å². The Morgan fingerprint density at radius 1 is 1.12 bits per heavy atom. The Hall–Kier alpha value is -2.00. The Balaban J connectivity index is 1.41. The first-order chi connectivity index (χ1) is 15.3. The second kappa shape index (κ2) is 9.47. The van der Waals surface area contributed by atoms with E-state index < -0.39 is 10.0 Å². The highest BCUT2D eigenvalue weighted by Gasteiger charge is 2.27. The first-order valence-electron chi connectivity index (χ1n) is 10.8. The second-order valence-electron chi connectivity index (χ2n) is 7.84. The van der Waals surface area contributed by atoms with Gasteiger partial charge in [0, 0.05) is 42.7 Å². The van der Waals surface area contributed by atoms with Crippen LogP contribution in [0.5, 0.6) is 0 Å². The van der Waals surface area contributed by atoms with Gasteiger partial charge < -0.3 is 4.90 Å². The Morgan fingerprint density at radius 2 is 1.78 bits per heavy atom. The number of sulfonamides is 1. The topological polar surface area (TPSA) is 70.6 Å². The maximum atomic E-state index is 13.0. The van der Waals surface area contributed by atoms with Crippen molar-refractivity contribution in [3.8, 4) is 0 Å². The SMILES string of the molecule is CCN(CC)S(=O)(=O)c1ccc(C(=O)N2CCC(c3nc4cc(Cl)ccc4s3)CC2)cc1. The first-order valence-corrected chi connectivity index (χ1v) is 13.4. The number of thiazole rings is 1. The third-order valence-corrected chi connectivity index (χ3v) is 9.44. The van der Waals surface area contributed by atoms with Crippen LogP contribution >= 0.6 is 22.9 Å². The van der Waals surface area contributed by atoms with Gasteiger partial charge in [-0.3, -0.25) is 4.79 Å². The average molecular weight is 492 g/mol. The fourth-order valence-electron chi connectivity index (χ4n) is 4.09. The lowest BCUT2D eigenvalue weighted by molar-refractivity contribution is 0.0713. The molecule has 0 spiro atoms. The number of likely N-dealkylation sites (tertiary alicyclic amines) is 1. The number of piperidine rings is 1. The van der Waals surface area contributed by atoms with Crippen LogP contribution in [0.15, 0.2) is 47.4 Å². The van der Waals surface area contributed by atoms with E-state index in [2.05, 4.69) is 0 Å². The van der Waals surface area contributed by atoms with E-state index >= 15 is 0 Å². The number of hydrogen-bond acceptors (Lipinski definition) is 5. The number of rotatable bonds is 6. The van der Waals surface area contributed by atoms with E-state index in [1.165, 1.54) is 16.4 Å².